The number of benzene rings is 5. The summed E-state index contributed by atoms with van der Waals surface area (Å²) in [5.74, 6) is 0.501. The fourth-order valence-electron chi connectivity index (χ4n) is 9.02. The fourth-order valence-corrected chi connectivity index (χ4v) is 10.1. The van der Waals surface area contributed by atoms with Crippen LogP contribution in [0, 0.1) is 43.9 Å². The van der Waals surface area contributed by atoms with Crippen molar-refractivity contribution >= 4 is 35.2 Å². The summed E-state index contributed by atoms with van der Waals surface area (Å²) < 4.78 is 115. The molecule has 9 aromatic rings. The van der Waals surface area contributed by atoms with E-state index in [1.165, 1.54) is 59.9 Å². The van der Waals surface area contributed by atoms with Crippen molar-refractivity contribution < 1.29 is 44.0 Å². The van der Waals surface area contributed by atoms with Crippen molar-refractivity contribution in [3.05, 3.63) is 167 Å². The van der Waals surface area contributed by atoms with Crippen LogP contribution in [0.1, 0.15) is 136 Å². The van der Waals surface area contributed by atoms with Crippen molar-refractivity contribution in [3.8, 4) is 56.2 Å². The molecule has 1 radical (unpaired) electrons. The summed E-state index contributed by atoms with van der Waals surface area (Å²) in [4.78, 5) is 23.6. The zero-order chi connectivity index (χ0) is 61.5. The van der Waals surface area contributed by atoms with E-state index in [9.17, 15) is 7.13 Å². The monoisotopic (exact) mass is 1190 g/mol. The molecular formula is C65H70FIrN5OSi-2. The molecule has 0 unspecified atom stereocenters. The molecule has 74 heavy (non-hydrogen) atoms. The normalized spacial score (nSPS) is 17.3. The number of fused-ring (bicyclic) bond motifs is 3. The Morgan fingerprint density at radius 2 is 1.39 bits per heavy atom. The summed E-state index contributed by atoms with van der Waals surface area (Å²) in [7, 11) is -1.30. The molecule has 0 aliphatic heterocycles. The maximum Gasteiger partial charge on any atom is 0.163 e. The van der Waals surface area contributed by atoms with Crippen molar-refractivity contribution in [2.24, 2.45) is 5.41 Å². The van der Waals surface area contributed by atoms with Gasteiger partial charge in [0, 0.05) is 73.8 Å². The molecule has 9 heteroatoms. The number of hydrogen-bond acceptors (Lipinski definition) is 6. The molecule has 1 fully saturated rings. The Labute approximate surface area is 469 Å². The second-order valence-corrected chi connectivity index (χ2v) is 28.2. The molecule has 0 bridgehead atoms. The van der Waals surface area contributed by atoms with Crippen LogP contribution in [-0.2, 0) is 30.9 Å². The summed E-state index contributed by atoms with van der Waals surface area (Å²) in [6, 6.07) is 32.8. The van der Waals surface area contributed by atoms with Gasteiger partial charge >= 0.3 is 0 Å². The van der Waals surface area contributed by atoms with E-state index in [0.29, 0.717) is 52.6 Å². The maximum absolute atomic E-state index is 12.8. The Hall–Kier alpha value is -5.99. The van der Waals surface area contributed by atoms with Crippen molar-refractivity contribution in [2.45, 2.75) is 138 Å². The molecule has 1 aliphatic rings. The zero-order valence-corrected chi connectivity index (χ0v) is 47.5. The quantitative estimate of drug-likeness (QED) is 0.117. The van der Waals surface area contributed by atoms with Gasteiger partial charge in [-0.15, -0.1) is 48.0 Å². The standard InChI is InChI=1S/C51H55N4O.C14H15FNSi.Ir/c1-30-25-34(33-21-23-51(10,11)24-22-33)15-18-37(30)35-16-19-38(31(2)26-35)42-28-43(52-29-32(42)3)41-14-12-13-40-39-20-17-36(27-44(39)56-45(40)41)46-53-47(49(4,5)6)55-48(54-46)50(7,8)9;1-17(2,3)13-8-9-14(16-10-13)11-4-6-12(15)7-5-11;/h12-13,15-20,25-29,33H,21-24H2,1-11H3;4,6-10H,1-3H3;/q2*-1;/i1D3,2D3,3D3,18D,33D;;. The van der Waals surface area contributed by atoms with E-state index in [2.05, 4.69) is 103 Å². The molecule has 6 nitrogen and oxygen atoms in total. The van der Waals surface area contributed by atoms with Crippen LogP contribution in [0.15, 0.2) is 120 Å². The smallest absolute Gasteiger partial charge is 0.163 e. The number of pyridine rings is 2. The average molecular weight is 1190 g/mol. The zero-order valence-electron chi connectivity index (χ0n) is 55.1. The summed E-state index contributed by atoms with van der Waals surface area (Å²) >= 11 is 0. The van der Waals surface area contributed by atoms with E-state index in [0.717, 1.165) is 40.4 Å². The van der Waals surface area contributed by atoms with Gasteiger partial charge < -0.3 is 14.4 Å². The van der Waals surface area contributed by atoms with E-state index in [-0.39, 0.29) is 92.8 Å². The molecule has 383 valence electrons. The second-order valence-electron chi connectivity index (χ2n) is 23.1. The Kier molecular flexibility index (Phi) is 11.7. The Balaban J connectivity index is 0.000000447. The molecule has 0 N–H and O–H groups in total. The number of halogens is 1. The summed E-state index contributed by atoms with van der Waals surface area (Å²) in [5.41, 5.74) is 3.69. The third kappa shape index (κ3) is 11.8. The largest absolute Gasteiger partial charge is 0.501 e. The van der Waals surface area contributed by atoms with Crippen LogP contribution in [0.25, 0.3) is 78.1 Å². The second kappa shape index (κ2) is 21.0. The average Bonchev–Trinajstić information content (AvgIpc) is 1.87. The first-order valence-electron chi connectivity index (χ1n) is 30.4. The summed E-state index contributed by atoms with van der Waals surface area (Å²) in [5, 5.41) is 2.87. The molecule has 5 aromatic carbocycles. The van der Waals surface area contributed by atoms with Crippen LogP contribution in [-0.4, -0.2) is 33.0 Å². The summed E-state index contributed by atoms with van der Waals surface area (Å²) in [6.45, 7) is 15.3. The van der Waals surface area contributed by atoms with E-state index in [4.69, 9.17) is 31.7 Å². The first kappa shape index (κ1) is 41.3. The van der Waals surface area contributed by atoms with Crippen LogP contribution in [0.4, 0.5) is 4.39 Å². The van der Waals surface area contributed by atoms with Gasteiger partial charge in [0.05, 0.1) is 15.0 Å². The van der Waals surface area contributed by atoms with Crippen LogP contribution >= 0.6 is 0 Å². The van der Waals surface area contributed by atoms with Gasteiger partial charge in [-0.1, -0.05) is 153 Å². The minimum absolute atomic E-state index is 0. The number of furan rings is 1. The SMILES string of the molecule is C[Si](C)(C)c1ccc(-c2[c-]cc(F)cc2)nc1.[2H]c1cc(C2([2H])CCC(C)(C)CC2)cc(C([2H])([2H])[2H])c1-c1ccc(-c2cc(-c3[c-]ccc4c3oc3cc(-c5nc(C(C)(C)C)nc(C(C)(C)C)n5)ccc34)ncc2C([2H])([2H])[2H])c(C([2H])([2H])[2H])c1.[Ir]. The van der Waals surface area contributed by atoms with Crippen LogP contribution in [0.3, 0.4) is 0 Å². The van der Waals surface area contributed by atoms with E-state index < -0.39 is 34.5 Å². The number of rotatable bonds is 7. The van der Waals surface area contributed by atoms with E-state index >= 15 is 0 Å². The minimum atomic E-state index is -2.81. The Morgan fingerprint density at radius 3 is 2.03 bits per heavy atom. The molecule has 1 saturated carbocycles. The van der Waals surface area contributed by atoms with Gasteiger partial charge in [-0.05, 0) is 125 Å². The molecule has 4 heterocycles. The number of aryl methyl sites for hydroxylation is 3. The minimum Gasteiger partial charge on any atom is -0.501 e. The van der Waals surface area contributed by atoms with Crippen LogP contribution < -0.4 is 5.19 Å². The molecule has 0 atom stereocenters. The molecule has 10 rings (SSSR count). The predicted molar refractivity (Wildman–Crippen MR) is 304 cm³/mol. The molecule has 0 spiro atoms. The summed E-state index contributed by atoms with van der Waals surface area (Å²) in [6.07, 6.45) is 5.73. The van der Waals surface area contributed by atoms with Crippen molar-refractivity contribution in [1.82, 2.24) is 24.9 Å². The van der Waals surface area contributed by atoms with Gasteiger partial charge in [0.25, 0.3) is 0 Å². The van der Waals surface area contributed by atoms with Gasteiger partial charge in [-0.3, -0.25) is 4.39 Å². The number of aromatic nitrogens is 5. The fraction of sp³-hybridized carbons (Fsp3) is 0.338. The molecule has 0 amide bonds. The van der Waals surface area contributed by atoms with Crippen molar-refractivity contribution in [3.63, 3.8) is 0 Å². The van der Waals surface area contributed by atoms with Gasteiger partial charge in [0.15, 0.2) is 5.82 Å². The maximum atomic E-state index is 12.8. The first-order valence-corrected chi connectivity index (χ1v) is 28.4. The first-order chi connectivity index (χ1) is 38.8. The molecule has 4 aromatic heterocycles. The van der Waals surface area contributed by atoms with Crippen molar-refractivity contribution in [1.29, 1.82) is 0 Å². The van der Waals surface area contributed by atoms with E-state index in [1.807, 2.05) is 36.5 Å². The van der Waals surface area contributed by atoms with Gasteiger partial charge in [-0.25, -0.2) is 15.0 Å². The van der Waals surface area contributed by atoms with Crippen molar-refractivity contribution in [2.75, 3.05) is 0 Å². The molecular weight excluding hydrogens is 1110 g/mol. The van der Waals surface area contributed by atoms with Gasteiger partial charge in [0.1, 0.15) is 17.2 Å². The number of hydrogen-bond donors (Lipinski definition) is 0. The van der Waals surface area contributed by atoms with E-state index in [1.54, 1.807) is 12.1 Å². The Morgan fingerprint density at radius 1 is 0.703 bits per heavy atom. The number of nitrogens with zero attached hydrogens (tertiary/aromatic N) is 5. The van der Waals surface area contributed by atoms with Gasteiger partial charge in [-0.2, -0.15) is 0 Å². The topological polar surface area (TPSA) is 77.6 Å². The predicted octanol–water partition coefficient (Wildman–Crippen LogP) is 17.1. The third-order valence-electron chi connectivity index (χ3n) is 13.7. The third-order valence-corrected chi connectivity index (χ3v) is 15.7. The Bertz CT molecular complexity index is 3910. The molecule has 1 aliphatic carbocycles. The van der Waals surface area contributed by atoms with Crippen LogP contribution in [0.5, 0.6) is 0 Å². The molecule has 0 saturated heterocycles. The van der Waals surface area contributed by atoms with Crippen LogP contribution in [0.2, 0.25) is 19.6 Å². The van der Waals surface area contributed by atoms with Gasteiger partial charge in [0.2, 0.25) is 0 Å².